The smallest absolute Gasteiger partial charge is 0.218 e. The van der Waals surface area contributed by atoms with Crippen molar-refractivity contribution in [2.24, 2.45) is 0 Å². The molecule has 0 aromatic carbocycles. The molecule has 2 aromatic heterocycles. The van der Waals surface area contributed by atoms with Gasteiger partial charge in [0, 0.05) is 6.07 Å². The van der Waals surface area contributed by atoms with Crippen molar-refractivity contribution in [3.8, 4) is 5.88 Å². The van der Waals surface area contributed by atoms with E-state index in [1.54, 1.807) is 19.4 Å². The van der Waals surface area contributed by atoms with Crippen LogP contribution in [0.25, 0.3) is 0 Å². The molecule has 1 N–H and O–H groups in total. The van der Waals surface area contributed by atoms with E-state index in [1.807, 2.05) is 26.0 Å². The lowest BCUT2D eigenvalue weighted by Crippen LogP contribution is -2.08. The minimum Gasteiger partial charge on any atom is -0.481 e. The van der Waals surface area contributed by atoms with Gasteiger partial charge >= 0.3 is 0 Å². The van der Waals surface area contributed by atoms with Crippen molar-refractivity contribution in [3.05, 3.63) is 36.0 Å². The highest BCUT2D eigenvalue weighted by Gasteiger charge is 2.10. The SMILES string of the molecule is COc1cc(NC(C)c2ccco2)nc(C)n1. The van der Waals surface area contributed by atoms with Gasteiger partial charge in [-0.25, -0.2) is 4.98 Å². The first-order chi connectivity index (χ1) is 8.19. The van der Waals surface area contributed by atoms with Gasteiger partial charge in [-0.05, 0) is 26.0 Å². The van der Waals surface area contributed by atoms with Gasteiger partial charge in [0.15, 0.2) is 0 Å². The van der Waals surface area contributed by atoms with E-state index in [-0.39, 0.29) is 6.04 Å². The van der Waals surface area contributed by atoms with Crippen molar-refractivity contribution >= 4 is 5.82 Å². The second kappa shape index (κ2) is 4.86. The average Bonchev–Trinajstić information content (AvgIpc) is 2.81. The first kappa shape index (κ1) is 11.4. The number of furan rings is 1. The van der Waals surface area contributed by atoms with Crippen molar-refractivity contribution in [1.82, 2.24) is 9.97 Å². The average molecular weight is 233 g/mol. The number of aromatic nitrogens is 2. The standard InChI is InChI=1S/C12H15N3O2/c1-8(10-5-4-6-17-10)13-11-7-12(16-3)15-9(2)14-11/h4-8H,1-3H3,(H,13,14,15). The number of nitrogens with zero attached hydrogens (tertiary/aromatic N) is 2. The number of nitrogens with one attached hydrogen (secondary N) is 1. The Morgan fingerprint density at radius 1 is 1.41 bits per heavy atom. The Bertz CT molecular complexity index is 483. The Labute approximate surface area is 99.8 Å². The normalized spacial score (nSPS) is 12.2. The maximum Gasteiger partial charge on any atom is 0.218 e. The van der Waals surface area contributed by atoms with Gasteiger partial charge in [-0.1, -0.05) is 0 Å². The zero-order valence-corrected chi connectivity index (χ0v) is 10.1. The van der Waals surface area contributed by atoms with Crippen molar-refractivity contribution in [3.63, 3.8) is 0 Å². The van der Waals surface area contributed by atoms with Crippen LogP contribution in [-0.4, -0.2) is 17.1 Å². The van der Waals surface area contributed by atoms with Crippen LogP contribution in [0.15, 0.2) is 28.9 Å². The monoisotopic (exact) mass is 233 g/mol. The van der Waals surface area contributed by atoms with Crippen LogP contribution in [0.3, 0.4) is 0 Å². The van der Waals surface area contributed by atoms with Gasteiger partial charge in [-0.2, -0.15) is 4.98 Å². The summed E-state index contributed by atoms with van der Waals surface area (Å²) in [6, 6.07) is 5.58. The van der Waals surface area contributed by atoms with E-state index in [0.29, 0.717) is 11.7 Å². The van der Waals surface area contributed by atoms with Crippen LogP contribution < -0.4 is 10.1 Å². The van der Waals surface area contributed by atoms with Crippen molar-refractivity contribution in [2.75, 3.05) is 12.4 Å². The molecule has 0 aliphatic carbocycles. The Hall–Kier alpha value is -2.04. The number of hydrogen-bond donors (Lipinski definition) is 1. The van der Waals surface area contributed by atoms with E-state index in [0.717, 1.165) is 11.6 Å². The molecule has 0 saturated heterocycles. The third-order valence-electron chi connectivity index (χ3n) is 2.36. The van der Waals surface area contributed by atoms with Crippen LogP contribution in [0.2, 0.25) is 0 Å². The zero-order valence-electron chi connectivity index (χ0n) is 10.1. The van der Waals surface area contributed by atoms with Crippen LogP contribution in [0.1, 0.15) is 24.6 Å². The largest absolute Gasteiger partial charge is 0.481 e. The molecule has 0 saturated carbocycles. The Morgan fingerprint density at radius 2 is 2.24 bits per heavy atom. The summed E-state index contributed by atoms with van der Waals surface area (Å²) in [6.07, 6.45) is 1.65. The van der Waals surface area contributed by atoms with E-state index in [9.17, 15) is 0 Å². The highest BCUT2D eigenvalue weighted by molar-refractivity contribution is 5.40. The number of methoxy groups -OCH3 is 1. The molecule has 2 rings (SSSR count). The molecule has 0 bridgehead atoms. The number of aryl methyl sites for hydroxylation is 1. The molecule has 17 heavy (non-hydrogen) atoms. The summed E-state index contributed by atoms with van der Waals surface area (Å²) in [5.41, 5.74) is 0. The van der Waals surface area contributed by atoms with Crippen molar-refractivity contribution in [1.29, 1.82) is 0 Å². The molecule has 2 heterocycles. The van der Waals surface area contributed by atoms with Crippen LogP contribution in [0.4, 0.5) is 5.82 Å². The zero-order chi connectivity index (χ0) is 12.3. The predicted octanol–water partition coefficient (Wildman–Crippen LogP) is 2.56. The summed E-state index contributed by atoms with van der Waals surface area (Å²) in [5, 5.41) is 3.23. The first-order valence-electron chi connectivity index (χ1n) is 5.38. The van der Waals surface area contributed by atoms with Crippen LogP contribution >= 0.6 is 0 Å². The fourth-order valence-electron chi connectivity index (χ4n) is 1.55. The fraction of sp³-hybridized carbons (Fsp3) is 0.333. The Morgan fingerprint density at radius 3 is 2.88 bits per heavy atom. The molecular weight excluding hydrogens is 218 g/mol. The highest BCUT2D eigenvalue weighted by atomic mass is 16.5. The maximum atomic E-state index is 5.32. The molecule has 0 aliphatic rings. The van der Waals surface area contributed by atoms with E-state index in [2.05, 4.69) is 15.3 Å². The van der Waals surface area contributed by atoms with E-state index >= 15 is 0 Å². The van der Waals surface area contributed by atoms with Gasteiger partial charge in [-0.15, -0.1) is 0 Å². The van der Waals surface area contributed by atoms with E-state index < -0.39 is 0 Å². The molecule has 2 aromatic rings. The fourth-order valence-corrected chi connectivity index (χ4v) is 1.55. The first-order valence-corrected chi connectivity index (χ1v) is 5.38. The molecular formula is C12H15N3O2. The van der Waals surface area contributed by atoms with Crippen molar-refractivity contribution < 1.29 is 9.15 Å². The molecule has 0 fully saturated rings. The van der Waals surface area contributed by atoms with Gasteiger partial charge in [0.1, 0.15) is 17.4 Å². The highest BCUT2D eigenvalue weighted by Crippen LogP contribution is 2.20. The Kier molecular flexibility index (Phi) is 3.27. The van der Waals surface area contributed by atoms with Gasteiger partial charge in [0.05, 0.1) is 19.4 Å². The molecule has 90 valence electrons. The summed E-state index contributed by atoms with van der Waals surface area (Å²) < 4.78 is 10.4. The molecule has 5 heteroatoms. The molecule has 0 spiro atoms. The quantitative estimate of drug-likeness (QED) is 0.879. The second-order valence-corrected chi connectivity index (χ2v) is 3.72. The lowest BCUT2D eigenvalue weighted by atomic mass is 10.2. The lowest BCUT2D eigenvalue weighted by Gasteiger charge is -2.12. The number of ether oxygens (including phenoxy) is 1. The van der Waals surface area contributed by atoms with E-state index in [1.165, 1.54) is 0 Å². The second-order valence-electron chi connectivity index (χ2n) is 3.72. The molecule has 5 nitrogen and oxygen atoms in total. The Balaban J connectivity index is 2.15. The van der Waals surface area contributed by atoms with Gasteiger partial charge in [0.25, 0.3) is 0 Å². The molecule has 1 atom stereocenters. The minimum atomic E-state index is 0.0454. The van der Waals surface area contributed by atoms with Crippen LogP contribution in [0.5, 0.6) is 5.88 Å². The van der Waals surface area contributed by atoms with E-state index in [4.69, 9.17) is 9.15 Å². The predicted molar refractivity (Wildman–Crippen MR) is 64.1 cm³/mol. The summed E-state index contributed by atoms with van der Waals surface area (Å²) in [4.78, 5) is 8.41. The summed E-state index contributed by atoms with van der Waals surface area (Å²) >= 11 is 0. The van der Waals surface area contributed by atoms with Crippen LogP contribution in [0, 0.1) is 6.92 Å². The van der Waals surface area contributed by atoms with Crippen molar-refractivity contribution in [2.45, 2.75) is 19.9 Å². The summed E-state index contributed by atoms with van der Waals surface area (Å²) in [6.45, 7) is 3.83. The van der Waals surface area contributed by atoms with Gasteiger partial charge < -0.3 is 14.5 Å². The van der Waals surface area contributed by atoms with Gasteiger partial charge in [-0.3, -0.25) is 0 Å². The third kappa shape index (κ3) is 2.75. The molecule has 0 amide bonds. The lowest BCUT2D eigenvalue weighted by molar-refractivity contribution is 0.395. The summed E-state index contributed by atoms with van der Waals surface area (Å²) in [7, 11) is 1.58. The number of anilines is 1. The number of rotatable bonds is 4. The third-order valence-corrected chi connectivity index (χ3v) is 2.36. The molecule has 0 radical (unpaired) electrons. The summed E-state index contributed by atoms with van der Waals surface area (Å²) in [5.74, 6) is 2.80. The number of hydrogen-bond acceptors (Lipinski definition) is 5. The molecule has 1 unspecified atom stereocenters. The molecule has 0 aliphatic heterocycles. The maximum absolute atomic E-state index is 5.32. The van der Waals surface area contributed by atoms with Gasteiger partial charge in [0.2, 0.25) is 5.88 Å². The van der Waals surface area contributed by atoms with Crippen LogP contribution in [-0.2, 0) is 0 Å². The topological polar surface area (TPSA) is 60.2 Å². The minimum absolute atomic E-state index is 0.0454.